The van der Waals surface area contributed by atoms with E-state index in [0.717, 1.165) is 0 Å². The lowest BCUT2D eigenvalue weighted by Crippen LogP contribution is -2.32. The average molecular weight is 414 g/mol. The Hall–Kier alpha value is 0.330. The number of rotatable bonds is 9. The van der Waals surface area contributed by atoms with Gasteiger partial charge < -0.3 is 29.4 Å². The van der Waals surface area contributed by atoms with Crippen LogP contribution in [0.25, 0.3) is 0 Å². The molecule has 12 nitrogen and oxygen atoms in total. The third-order valence-electron chi connectivity index (χ3n) is 3.64. The van der Waals surface area contributed by atoms with E-state index in [9.17, 15) is 13.7 Å². The highest BCUT2D eigenvalue weighted by atomic mass is 31.2. The molecular formula is C9H21O12P3. The Kier molecular flexibility index (Phi) is 8.22. The van der Waals surface area contributed by atoms with Gasteiger partial charge in [-0.3, -0.25) is 13.6 Å². The molecule has 0 aliphatic heterocycles. The molecule has 0 unspecified atom stereocenters. The van der Waals surface area contributed by atoms with E-state index >= 15 is 0 Å². The SMILES string of the molecule is O=P(O)(O)OC[C@@H]1CC[C@@H](COP(=O)(O)O)[C@H](COP(=O)(O)O)C1. The molecule has 0 amide bonds. The molecule has 0 radical (unpaired) electrons. The molecule has 1 rings (SSSR count). The van der Waals surface area contributed by atoms with Gasteiger partial charge in [-0.2, -0.15) is 0 Å². The van der Waals surface area contributed by atoms with Crippen LogP contribution in [0, 0.1) is 17.8 Å². The standard InChI is InChI=1S/C9H21O12P3/c10-22(11,12)19-4-7-1-2-8(5-20-23(13,14)15)9(3-7)6-21-24(16,17)18/h7-9H,1-6H2,(H2,10,11,12)(H2,13,14,15)(H2,16,17,18)/t7-,8+,9+/m1/s1. The first-order valence-electron chi connectivity index (χ1n) is 6.85. The molecule has 0 aromatic rings. The van der Waals surface area contributed by atoms with E-state index < -0.39 is 35.3 Å². The van der Waals surface area contributed by atoms with Crippen LogP contribution in [-0.4, -0.2) is 49.2 Å². The van der Waals surface area contributed by atoms with Crippen LogP contribution in [0.4, 0.5) is 0 Å². The summed E-state index contributed by atoms with van der Waals surface area (Å²) in [5.74, 6) is -1.26. The van der Waals surface area contributed by atoms with Gasteiger partial charge in [0.1, 0.15) is 0 Å². The molecule has 24 heavy (non-hydrogen) atoms. The van der Waals surface area contributed by atoms with E-state index in [1.54, 1.807) is 0 Å². The molecule has 1 saturated carbocycles. The van der Waals surface area contributed by atoms with Crippen molar-refractivity contribution in [2.24, 2.45) is 17.8 Å². The number of hydrogen-bond donors (Lipinski definition) is 6. The van der Waals surface area contributed by atoms with Crippen LogP contribution in [0.15, 0.2) is 0 Å². The van der Waals surface area contributed by atoms with Gasteiger partial charge in [-0.15, -0.1) is 0 Å². The maximum absolute atomic E-state index is 10.8. The lowest BCUT2D eigenvalue weighted by atomic mass is 9.75. The van der Waals surface area contributed by atoms with E-state index in [0.29, 0.717) is 12.8 Å². The van der Waals surface area contributed by atoms with Gasteiger partial charge in [-0.1, -0.05) is 0 Å². The van der Waals surface area contributed by atoms with E-state index in [1.165, 1.54) is 0 Å². The Balaban J connectivity index is 2.65. The highest BCUT2D eigenvalue weighted by Crippen LogP contribution is 2.44. The van der Waals surface area contributed by atoms with Gasteiger partial charge in [-0.05, 0) is 37.0 Å². The van der Waals surface area contributed by atoms with Crippen molar-refractivity contribution in [1.29, 1.82) is 0 Å². The molecule has 0 bridgehead atoms. The summed E-state index contributed by atoms with van der Waals surface area (Å²) in [4.78, 5) is 52.5. The maximum atomic E-state index is 10.8. The fourth-order valence-corrected chi connectivity index (χ4v) is 3.76. The predicted molar refractivity (Wildman–Crippen MR) is 78.3 cm³/mol. The van der Waals surface area contributed by atoms with Crippen LogP contribution in [-0.2, 0) is 27.3 Å². The summed E-state index contributed by atoms with van der Waals surface area (Å²) in [6.45, 7) is -0.958. The monoisotopic (exact) mass is 414 g/mol. The Morgan fingerprint density at radius 3 is 1.54 bits per heavy atom. The van der Waals surface area contributed by atoms with Crippen LogP contribution in [0.1, 0.15) is 19.3 Å². The molecular weight excluding hydrogens is 393 g/mol. The molecule has 0 aromatic heterocycles. The van der Waals surface area contributed by atoms with Crippen molar-refractivity contribution in [3.63, 3.8) is 0 Å². The van der Waals surface area contributed by atoms with Crippen molar-refractivity contribution in [3.8, 4) is 0 Å². The lowest BCUT2D eigenvalue weighted by Gasteiger charge is -2.35. The molecule has 6 N–H and O–H groups in total. The molecule has 1 aliphatic carbocycles. The average Bonchev–Trinajstić information content (AvgIpc) is 2.39. The zero-order chi connectivity index (χ0) is 18.6. The molecule has 0 saturated heterocycles. The van der Waals surface area contributed by atoms with Crippen LogP contribution >= 0.6 is 23.5 Å². The van der Waals surface area contributed by atoms with Crippen LogP contribution in [0.3, 0.4) is 0 Å². The fourth-order valence-electron chi connectivity index (χ4n) is 2.59. The molecule has 3 atom stereocenters. The van der Waals surface area contributed by atoms with Gasteiger partial charge in [0.15, 0.2) is 0 Å². The number of phosphoric ester groups is 3. The maximum Gasteiger partial charge on any atom is 0.469 e. The van der Waals surface area contributed by atoms with Crippen LogP contribution in [0.2, 0.25) is 0 Å². The largest absolute Gasteiger partial charge is 0.469 e. The van der Waals surface area contributed by atoms with Gasteiger partial charge in [0.05, 0.1) is 19.8 Å². The predicted octanol–water partition coefficient (Wildman–Crippen LogP) is 0.347. The number of hydrogen-bond acceptors (Lipinski definition) is 6. The number of phosphoric acid groups is 3. The molecule has 1 aliphatic rings. The summed E-state index contributed by atoms with van der Waals surface area (Å²) in [6, 6.07) is 0. The first-order valence-corrected chi connectivity index (χ1v) is 11.4. The first-order chi connectivity index (χ1) is 10.8. The van der Waals surface area contributed by atoms with Crippen molar-refractivity contribution in [2.45, 2.75) is 19.3 Å². The minimum absolute atomic E-state index is 0.245. The zero-order valence-corrected chi connectivity index (χ0v) is 15.1. The second-order valence-electron chi connectivity index (χ2n) is 5.56. The van der Waals surface area contributed by atoms with Crippen molar-refractivity contribution >= 4 is 23.5 Å². The van der Waals surface area contributed by atoms with Crippen molar-refractivity contribution in [1.82, 2.24) is 0 Å². The Labute approximate surface area is 137 Å². The molecule has 0 heterocycles. The van der Waals surface area contributed by atoms with Gasteiger partial charge >= 0.3 is 23.5 Å². The van der Waals surface area contributed by atoms with Crippen molar-refractivity contribution < 1.29 is 56.6 Å². The topological polar surface area (TPSA) is 200 Å². The van der Waals surface area contributed by atoms with Crippen molar-refractivity contribution in [2.75, 3.05) is 19.8 Å². The Morgan fingerprint density at radius 1 is 0.667 bits per heavy atom. The molecule has 0 aromatic carbocycles. The smallest absolute Gasteiger partial charge is 0.303 e. The molecule has 15 heteroatoms. The molecule has 144 valence electrons. The van der Waals surface area contributed by atoms with Crippen LogP contribution < -0.4 is 0 Å². The zero-order valence-electron chi connectivity index (χ0n) is 12.4. The van der Waals surface area contributed by atoms with E-state index in [-0.39, 0.29) is 32.2 Å². The quantitative estimate of drug-likeness (QED) is 0.283. The fraction of sp³-hybridized carbons (Fsp3) is 1.00. The van der Waals surface area contributed by atoms with E-state index in [1.807, 2.05) is 0 Å². The van der Waals surface area contributed by atoms with Crippen molar-refractivity contribution in [3.05, 3.63) is 0 Å². The Morgan fingerprint density at radius 2 is 1.08 bits per heavy atom. The second kappa shape index (κ2) is 8.81. The summed E-state index contributed by atoms with van der Waals surface area (Å²) in [5, 5.41) is 0. The summed E-state index contributed by atoms with van der Waals surface area (Å²) >= 11 is 0. The third kappa shape index (κ3) is 10.4. The normalized spacial score (nSPS) is 26.5. The molecule has 1 fully saturated rings. The van der Waals surface area contributed by atoms with Gasteiger partial charge in [-0.25, -0.2) is 13.7 Å². The highest BCUT2D eigenvalue weighted by Gasteiger charge is 2.34. The summed E-state index contributed by atoms with van der Waals surface area (Å²) < 4.78 is 45.7. The minimum atomic E-state index is -4.72. The summed E-state index contributed by atoms with van der Waals surface area (Å²) in [6.07, 6.45) is 1.06. The van der Waals surface area contributed by atoms with Gasteiger partial charge in [0, 0.05) is 0 Å². The van der Waals surface area contributed by atoms with E-state index in [4.69, 9.17) is 29.4 Å². The molecule has 0 spiro atoms. The summed E-state index contributed by atoms with van der Waals surface area (Å²) in [5.41, 5.74) is 0. The van der Waals surface area contributed by atoms with Gasteiger partial charge in [0.25, 0.3) is 0 Å². The second-order valence-corrected chi connectivity index (χ2v) is 9.28. The van der Waals surface area contributed by atoms with Gasteiger partial charge in [0.2, 0.25) is 0 Å². The highest BCUT2D eigenvalue weighted by molar-refractivity contribution is 7.46. The minimum Gasteiger partial charge on any atom is -0.303 e. The first kappa shape index (κ1) is 22.4. The third-order valence-corrected chi connectivity index (χ3v) is 5.10. The van der Waals surface area contributed by atoms with E-state index in [2.05, 4.69) is 13.6 Å². The lowest BCUT2D eigenvalue weighted by molar-refractivity contribution is 0.0418. The van der Waals surface area contributed by atoms with Crippen LogP contribution in [0.5, 0.6) is 0 Å². The summed E-state index contributed by atoms with van der Waals surface area (Å²) in [7, 11) is -14.0. The Bertz CT molecular complexity index is 534.